The molecule has 16 heavy (non-hydrogen) atoms. The lowest BCUT2D eigenvalue weighted by atomic mass is 9.93. The van der Waals surface area contributed by atoms with Crippen LogP contribution in [0.5, 0.6) is 0 Å². The first kappa shape index (κ1) is 9.91. The molecule has 2 aromatic rings. The maximum Gasteiger partial charge on any atom is 0.114 e. The van der Waals surface area contributed by atoms with Gasteiger partial charge in [0, 0.05) is 16.7 Å². The van der Waals surface area contributed by atoms with Gasteiger partial charge in [0.25, 0.3) is 0 Å². The van der Waals surface area contributed by atoms with Crippen LogP contribution < -0.4 is 5.32 Å². The number of furan rings is 1. The first-order valence-electron chi connectivity index (χ1n) is 6.03. The van der Waals surface area contributed by atoms with E-state index >= 15 is 0 Å². The van der Waals surface area contributed by atoms with Crippen LogP contribution in [0.3, 0.4) is 0 Å². The summed E-state index contributed by atoms with van der Waals surface area (Å²) in [5.41, 5.74) is 1.31. The molecule has 0 radical (unpaired) electrons. The second-order valence-corrected chi connectivity index (χ2v) is 4.71. The average molecular weight is 215 g/mol. The van der Waals surface area contributed by atoms with Crippen LogP contribution in [0, 0.1) is 6.92 Å². The molecule has 3 rings (SSSR count). The van der Waals surface area contributed by atoms with Crippen LogP contribution in [0.2, 0.25) is 0 Å². The Morgan fingerprint density at radius 3 is 2.88 bits per heavy atom. The van der Waals surface area contributed by atoms with Crippen LogP contribution in [0.4, 0.5) is 0 Å². The molecule has 0 aliphatic carbocycles. The zero-order valence-corrected chi connectivity index (χ0v) is 9.62. The molecule has 1 aromatic carbocycles. The minimum absolute atomic E-state index is 0.598. The quantitative estimate of drug-likeness (QED) is 0.790. The third-order valence-electron chi connectivity index (χ3n) is 3.50. The van der Waals surface area contributed by atoms with Crippen molar-refractivity contribution >= 4 is 10.8 Å². The van der Waals surface area contributed by atoms with Crippen molar-refractivity contribution < 1.29 is 4.42 Å². The van der Waals surface area contributed by atoms with Crippen LogP contribution in [0.15, 0.2) is 28.9 Å². The van der Waals surface area contributed by atoms with Gasteiger partial charge in [0.05, 0.1) is 6.26 Å². The first-order chi connectivity index (χ1) is 7.84. The van der Waals surface area contributed by atoms with Crippen molar-refractivity contribution in [3.63, 3.8) is 0 Å². The van der Waals surface area contributed by atoms with Crippen LogP contribution in [0.25, 0.3) is 10.8 Å². The second kappa shape index (κ2) is 3.95. The van der Waals surface area contributed by atoms with Crippen molar-refractivity contribution in [3.8, 4) is 0 Å². The van der Waals surface area contributed by atoms with Gasteiger partial charge in [-0.1, -0.05) is 17.7 Å². The fourth-order valence-corrected chi connectivity index (χ4v) is 2.58. The predicted molar refractivity (Wildman–Crippen MR) is 65.8 cm³/mol. The molecule has 2 heterocycles. The van der Waals surface area contributed by atoms with E-state index in [0.29, 0.717) is 5.92 Å². The summed E-state index contributed by atoms with van der Waals surface area (Å²) >= 11 is 0. The lowest BCUT2D eigenvalue weighted by Gasteiger charge is -2.20. The minimum atomic E-state index is 0.598. The largest absolute Gasteiger partial charge is 0.468 e. The Labute approximate surface area is 95.6 Å². The molecule has 0 spiro atoms. The summed E-state index contributed by atoms with van der Waals surface area (Å²) in [6.07, 6.45) is 4.28. The van der Waals surface area contributed by atoms with E-state index in [9.17, 15) is 0 Å². The van der Waals surface area contributed by atoms with E-state index in [4.69, 9.17) is 4.42 Å². The van der Waals surface area contributed by atoms with Crippen molar-refractivity contribution in [2.45, 2.75) is 25.7 Å². The molecule has 1 aromatic heterocycles. The van der Waals surface area contributed by atoms with E-state index in [0.717, 1.165) is 13.1 Å². The van der Waals surface area contributed by atoms with E-state index < -0.39 is 0 Å². The number of hydrogen-bond acceptors (Lipinski definition) is 2. The van der Waals surface area contributed by atoms with Gasteiger partial charge in [-0.15, -0.1) is 0 Å². The normalized spacial score (nSPS) is 18.1. The molecule has 1 aliphatic rings. The molecule has 0 unspecified atom stereocenters. The van der Waals surface area contributed by atoms with Crippen LogP contribution in [-0.4, -0.2) is 13.1 Å². The molecule has 1 N–H and O–H groups in total. The smallest absolute Gasteiger partial charge is 0.114 e. The fraction of sp³-hybridized carbons (Fsp3) is 0.429. The van der Waals surface area contributed by atoms with E-state index in [1.165, 1.54) is 34.9 Å². The molecule has 0 bridgehead atoms. The summed E-state index contributed by atoms with van der Waals surface area (Å²) in [4.78, 5) is 0. The summed E-state index contributed by atoms with van der Waals surface area (Å²) in [5.74, 6) is 1.79. The van der Waals surface area contributed by atoms with E-state index in [1.807, 2.05) is 6.26 Å². The van der Waals surface area contributed by atoms with Gasteiger partial charge in [-0.05, 0) is 38.9 Å². The van der Waals surface area contributed by atoms with Crippen molar-refractivity contribution in [1.29, 1.82) is 0 Å². The Kier molecular flexibility index (Phi) is 2.44. The van der Waals surface area contributed by atoms with Gasteiger partial charge in [0.1, 0.15) is 5.76 Å². The van der Waals surface area contributed by atoms with Gasteiger partial charge < -0.3 is 9.73 Å². The van der Waals surface area contributed by atoms with Gasteiger partial charge in [-0.2, -0.15) is 0 Å². The maximum absolute atomic E-state index is 5.78. The van der Waals surface area contributed by atoms with Gasteiger partial charge in [-0.3, -0.25) is 0 Å². The monoisotopic (exact) mass is 215 g/mol. The van der Waals surface area contributed by atoms with Gasteiger partial charge in [-0.25, -0.2) is 0 Å². The molecular formula is C14H17NO. The Morgan fingerprint density at radius 1 is 1.25 bits per heavy atom. The number of hydrogen-bond donors (Lipinski definition) is 1. The second-order valence-electron chi connectivity index (χ2n) is 4.71. The summed E-state index contributed by atoms with van der Waals surface area (Å²) < 4.78 is 5.78. The molecule has 1 saturated heterocycles. The third kappa shape index (κ3) is 1.63. The highest BCUT2D eigenvalue weighted by Crippen LogP contribution is 2.33. The number of rotatable bonds is 1. The Balaban J connectivity index is 2.05. The number of aryl methyl sites for hydroxylation is 1. The van der Waals surface area contributed by atoms with Crippen molar-refractivity contribution in [1.82, 2.24) is 5.32 Å². The number of fused-ring (bicyclic) bond motifs is 1. The number of benzene rings is 1. The van der Waals surface area contributed by atoms with Gasteiger partial charge >= 0.3 is 0 Å². The summed E-state index contributed by atoms with van der Waals surface area (Å²) in [5, 5.41) is 5.94. The lowest BCUT2D eigenvalue weighted by molar-refractivity contribution is 0.389. The zero-order chi connectivity index (χ0) is 11.0. The van der Waals surface area contributed by atoms with E-state index in [-0.39, 0.29) is 0 Å². The number of piperidine rings is 1. The standard InChI is InChI=1S/C14H17NO/c1-10-2-3-12-9-16-14(13(12)8-10)11-4-6-15-7-5-11/h2-3,8-9,11,15H,4-7H2,1H3. The molecule has 2 heteroatoms. The molecule has 0 atom stereocenters. The van der Waals surface area contributed by atoms with Gasteiger partial charge in [0.15, 0.2) is 0 Å². The van der Waals surface area contributed by atoms with E-state index in [2.05, 4.69) is 30.4 Å². The fourth-order valence-electron chi connectivity index (χ4n) is 2.58. The lowest BCUT2D eigenvalue weighted by Crippen LogP contribution is -2.26. The Morgan fingerprint density at radius 2 is 2.06 bits per heavy atom. The molecule has 84 valence electrons. The molecule has 1 fully saturated rings. The maximum atomic E-state index is 5.78. The van der Waals surface area contributed by atoms with Crippen molar-refractivity contribution in [2.75, 3.05) is 13.1 Å². The van der Waals surface area contributed by atoms with E-state index in [1.54, 1.807) is 0 Å². The van der Waals surface area contributed by atoms with Crippen LogP contribution in [-0.2, 0) is 0 Å². The molecule has 2 nitrogen and oxygen atoms in total. The minimum Gasteiger partial charge on any atom is -0.468 e. The first-order valence-corrected chi connectivity index (χ1v) is 6.03. The SMILES string of the molecule is Cc1ccc2coc(C3CCNCC3)c2c1. The van der Waals surface area contributed by atoms with Gasteiger partial charge in [0.2, 0.25) is 0 Å². The third-order valence-corrected chi connectivity index (χ3v) is 3.50. The molecule has 0 saturated carbocycles. The predicted octanol–water partition coefficient (Wildman–Crippen LogP) is 3.21. The van der Waals surface area contributed by atoms with Crippen LogP contribution in [0.1, 0.15) is 30.1 Å². The summed E-state index contributed by atoms with van der Waals surface area (Å²) in [7, 11) is 0. The summed E-state index contributed by atoms with van der Waals surface area (Å²) in [6.45, 7) is 4.36. The highest BCUT2D eigenvalue weighted by atomic mass is 16.3. The Hall–Kier alpha value is -1.28. The summed E-state index contributed by atoms with van der Waals surface area (Å²) in [6, 6.07) is 6.54. The van der Waals surface area contributed by atoms with Crippen molar-refractivity contribution in [2.24, 2.45) is 0 Å². The Bertz CT molecular complexity index is 494. The molecule has 0 amide bonds. The van der Waals surface area contributed by atoms with Crippen LogP contribution >= 0.6 is 0 Å². The highest BCUT2D eigenvalue weighted by Gasteiger charge is 2.20. The zero-order valence-electron chi connectivity index (χ0n) is 9.62. The topological polar surface area (TPSA) is 25.2 Å². The number of nitrogens with one attached hydrogen (secondary N) is 1. The average Bonchev–Trinajstić information content (AvgIpc) is 2.73. The molecular weight excluding hydrogens is 198 g/mol. The highest BCUT2D eigenvalue weighted by molar-refractivity contribution is 5.85. The van der Waals surface area contributed by atoms with Crippen molar-refractivity contribution in [3.05, 3.63) is 35.8 Å². The molecule has 1 aliphatic heterocycles.